The number of aliphatic hydroxyl groups excluding tert-OH is 3. The van der Waals surface area contributed by atoms with Gasteiger partial charge in [0.05, 0.1) is 17.6 Å². The second kappa shape index (κ2) is 18.1. The lowest BCUT2D eigenvalue weighted by Gasteiger charge is -2.48. The maximum absolute atomic E-state index is 13.4. The molecule has 2 saturated heterocycles. The van der Waals surface area contributed by atoms with Crippen molar-refractivity contribution in [3.05, 3.63) is 69.8 Å². The fraction of sp³-hybridized carbons (Fsp3) is 0.467. The zero-order chi connectivity index (χ0) is 39.9. The molecule has 0 aromatic heterocycles. The quantitative estimate of drug-likeness (QED) is 0.0507. The molecule has 0 radical (unpaired) electrons. The Morgan fingerprint density at radius 3 is 2.20 bits per heavy atom. The summed E-state index contributed by atoms with van der Waals surface area (Å²) < 4.78 is 51.4. The number of para-hydroxylation sites is 1. The van der Waals surface area contributed by atoms with Crippen molar-refractivity contribution in [2.75, 3.05) is 27.4 Å². The van der Waals surface area contributed by atoms with Crippen LogP contribution in [-0.4, -0.2) is 143 Å². The molecule has 23 nitrogen and oxygen atoms in total. The normalized spacial score (nSPS) is 29.3. The van der Waals surface area contributed by atoms with Crippen molar-refractivity contribution in [2.45, 2.75) is 61.3 Å². The van der Waals surface area contributed by atoms with Crippen LogP contribution in [0.5, 0.6) is 5.75 Å². The third-order valence-electron chi connectivity index (χ3n) is 8.09. The highest BCUT2D eigenvalue weighted by Gasteiger charge is 2.55. The smallest absolute Gasteiger partial charge is 0.478 e. The topological polar surface area (TPSA) is 344 Å². The summed E-state index contributed by atoms with van der Waals surface area (Å²) >= 11 is 0. The van der Waals surface area contributed by atoms with E-state index in [1.54, 1.807) is 0 Å². The van der Waals surface area contributed by atoms with Crippen LogP contribution in [0, 0.1) is 10.1 Å². The van der Waals surface area contributed by atoms with E-state index < -0.39 is 122 Å². The van der Waals surface area contributed by atoms with E-state index >= 15 is 0 Å². The van der Waals surface area contributed by atoms with Gasteiger partial charge in [-0.05, 0) is 24.3 Å². The molecule has 54 heavy (non-hydrogen) atoms. The molecule has 2 aromatic rings. The highest BCUT2D eigenvalue weighted by atomic mass is 31.2. The first-order chi connectivity index (χ1) is 25.5. The highest BCUT2D eigenvalue weighted by Crippen LogP contribution is 2.48. The minimum absolute atomic E-state index is 0.166. The van der Waals surface area contributed by atoms with E-state index in [4.69, 9.17) is 38.5 Å². The number of rotatable bonds is 16. The van der Waals surface area contributed by atoms with Crippen LogP contribution in [0.25, 0.3) is 0 Å². The number of carboxylic acid groups (broad SMARTS) is 1. The fourth-order valence-electron chi connectivity index (χ4n) is 5.58. The molecule has 2 aliphatic heterocycles. The molecule has 2 aliphatic rings. The number of nitro groups is 1. The minimum atomic E-state index is -5.51. The maximum Gasteiger partial charge on any atom is 0.529 e. The van der Waals surface area contributed by atoms with Crippen LogP contribution in [0.15, 0.2) is 48.5 Å². The number of carbonyl (C=O) groups is 4. The van der Waals surface area contributed by atoms with Crippen molar-refractivity contribution in [1.29, 1.82) is 0 Å². The number of amides is 3. The third kappa shape index (κ3) is 9.90. The Morgan fingerprint density at radius 2 is 1.63 bits per heavy atom. The summed E-state index contributed by atoms with van der Waals surface area (Å²) in [5, 5.41) is 57.1. The zero-order valence-electron chi connectivity index (χ0n) is 28.2. The van der Waals surface area contributed by atoms with E-state index in [-0.39, 0.29) is 11.3 Å². The van der Waals surface area contributed by atoms with Crippen LogP contribution in [0.3, 0.4) is 0 Å². The molecule has 2 aromatic carbocycles. The number of aromatic carboxylic acids is 1. The van der Waals surface area contributed by atoms with Gasteiger partial charge in [-0.1, -0.05) is 12.1 Å². The highest BCUT2D eigenvalue weighted by molar-refractivity contribution is 7.47. The number of nitrogens with zero attached hydrogens (tertiary/aromatic N) is 1. The number of hydrogen-bond acceptors (Lipinski definition) is 17. The Labute approximate surface area is 304 Å². The molecule has 296 valence electrons. The summed E-state index contributed by atoms with van der Waals surface area (Å²) in [4.78, 5) is 71.7. The molecule has 2 heterocycles. The number of phosphoric acid groups is 1. The first-order valence-corrected chi connectivity index (χ1v) is 17.1. The number of carbonyl (C=O) groups excluding carboxylic acids is 3. The number of primary amides is 1. The molecule has 0 aliphatic carbocycles. The molecule has 9 N–H and O–H groups in total. The molecule has 11 atom stereocenters. The number of nitro benzene ring substituents is 1. The number of phosphoric ester groups is 1. The Morgan fingerprint density at radius 1 is 0.963 bits per heavy atom. The molecule has 4 rings (SSSR count). The van der Waals surface area contributed by atoms with Crippen molar-refractivity contribution in [3.63, 3.8) is 0 Å². The Hall–Kier alpha value is -4.65. The average molecular weight is 789 g/mol. The van der Waals surface area contributed by atoms with Gasteiger partial charge in [-0.3, -0.25) is 29.4 Å². The SMILES string of the molecule is COCC(=O)N[C@@H]1[C@@H](O[C@H]2O[C@H](CO)[C@@H](O)[C@H](O)[C@H]2NC(=O)c2ccc([N+](=O)[O-])cc2)[C@H](OP(=O)(O)Oc2ccccc2C(=O)O)O[C@H](C(N)=O)[C@H]1OC. The molecule has 2 fully saturated rings. The number of carboxylic acids is 1. The van der Waals surface area contributed by atoms with Crippen LogP contribution >= 0.6 is 7.82 Å². The lowest BCUT2D eigenvalue weighted by molar-refractivity contribution is -0.384. The first-order valence-electron chi connectivity index (χ1n) is 15.6. The summed E-state index contributed by atoms with van der Waals surface area (Å²) in [5.74, 6) is -5.27. The number of aliphatic hydroxyl groups is 3. The molecular formula is C30H37N4O19P. The van der Waals surface area contributed by atoms with Gasteiger partial charge >= 0.3 is 13.8 Å². The summed E-state index contributed by atoms with van der Waals surface area (Å²) in [6.45, 7) is -1.52. The fourth-order valence-corrected chi connectivity index (χ4v) is 6.46. The van der Waals surface area contributed by atoms with Crippen LogP contribution < -0.4 is 20.9 Å². The number of non-ortho nitro benzene ring substituents is 1. The van der Waals surface area contributed by atoms with Crippen LogP contribution in [0.4, 0.5) is 5.69 Å². The Bertz CT molecular complexity index is 1730. The number of nitrogens with one attached hydrogen (secondary N) is 2. The van der Waals surface area contributed by atoms with E-state index in [1.807, 2.05) is 0 Å². The molecule has 1 unspecified atom stereocenters. The minimum Gasteiger partial charge on any atom is -0.478 e. The number of nitrogens with two attached hydrogens (primary N) is 1. The lowest BCUT2D eigenvalue weighted by Crippen LogP contribution is -2.71. The summed E-state index contributed by atoms with van der Waals surface area (Å²) in [6.07, 6.45) is -15.1. The van der Waals surface area contributed by atoms with E-state index in [1.165, 1.54) is 19.2 Å². The van der Waals surface area contributed by atoms with Gasteiger partial charge in [-0.15, -0.1) is 0 Å². The molecule has 0 bridgehead atoms. The number of ether oxygens (including phenoxy) is 5. The summed E-state index contributed by atoms with van der Waals surface area (Å²) in [6, 6.07) is 5.43. The van der Waals surface area contributed by atoms with E-state index in [0.717, 1.165) is 43.5 Å². The summed E-state index contributed by atoms with van der Waals surface area (Å²) in [5.41, 5.74) is 4.47. The van der Waals surface area contributed by atoms with Gasteiger partial charge in [-0.25, -0.2) is 13.9 Å². The van der Waals surface area contributed by atoms with Gasteiger partial charge in [-0.2, -0.15) is 0 Å². The van der Waals surface area contributed by atoms with Crippen LogP contribution in [0.1, 0.15) is 20.7 Å². The second-order valence-electron chi connectivity index (χ2n) is 11.6. The molecule has 0 spiro atoms. The summed E-state index contributed by atoms with van der Waals surface area (Å²) in [7, 11) is -3.26. The van der Waals surface area contributed by atoms with Crippen LogP contribution in [-0.2, 0) is 42.4 Å². The standard InChI is InChI=1S/C30H37N4O19P/c1-47-12-18(36)32-20-23(48-2)25(26(31)39)51-30(53-54(45,46)52-16-6-4-3-5-15(16)28(41)42)24(20)50-29-19(22(38)21(37)17(11-35)49-29)33-27(40)13-7-9-14(10-8-13)34(43)44/h3-10,17,19-25,29-30,35,37-38H,11-12H2,1-2H3,(H2,31,39)(H,32,36)(H,33,40)(H,41,42)(H,45,46)/t17-,19-,20+,21-,22-,23+,24-,25+,29-,30+/m1/s1. The number of hydrogen-bond donors (Lipinski definition) is 8. The monoisotopic (exact) mass is 788 g/mol. The van der Waals surface area contributed by atoms with Gasteiger partial charge in [0.15, 0.2) is 18.7 Å². The van der Waals surface area contributed by atoms with Gasteiger partial charge in [0.2, 0.25) is 11.8 Å². The van der Waals surface area contributed by atoms with Crippen molar-refractivity contribution in [2.24, 2.45) is 5.73 Å². The van der Waals surface area contributed by atoms with Crippen LogP contribution in [0.2, 0.25) is 0 Å². The van der Waals surface area contributed by atoms with E-state index in [0.29, 0.717) is 0 Å². The maximum atomic E-state index is 13.4. The lowest BCUT2D eigenvalue weighted by atomic mass is 9.93. The zero-order valence-corrected chi connectivity index (χ0v) is 29.1. The molecular weight excluding hydrogens is 751 g/mol. The molecule has 24 heteroatoms. The molecule has 0 saturated carbocycles. The van der Waals surface area contributed by atoms with Gasteiger partial charge in [0, 0.05) is 31.9 Å². The third-order valence-corrected chi connectivity index (χ3v) is 8.99. The van der Waals surface area contributed by atoms with Crippen molar-refractivity contribution in [3.8, 4) is 5.75 Å². The number of benzene rings is 2. The average Bonchev–Trinajstić information content (AvgIpc) is 3.12. The predicted octanol–water partition coefficient (Wildman–Crippen LogP) is -2.23. The van der Waals surface area contributed by atoms with Crippen molar-refractivity contribution < 1.29 is 86.7 Å². The predicted molar refractivity (Wildman–Crippen MR) is 174 cm³/mol. The largest absolute Gasteiger partial charge is 0.529 e. The molecule has 3 amide bonds. The Kier molecular flexibility index (Phi) is 14.1. The second-order valence-corrected chi connectivity index (χ2v) is 13.0. The van der Waals surface area contributed by atoms with E-state index in [2.05, 4.69) is 10.6 Å². The van der Waals surface area contributed by atoms with Crippen molar-refractivity contribution >= 4 is 37.2 Å². The number of methoxy groups -OCH3 is 2. The van der Waals surface area contributed by atoms with Crippen molar-refractivity contribution in [1.82, 2.24) is 10.6 Å². The Balaban J connectivity index is 1.77. The van der Waals surface area contributed by atoms with Gasteiger partial charge < -0.3 is 65.0 Å². The first kappa shape index (κ1) is 42.1. The van der Waals surface area contributed by atoms with Gasteiger partial charge in [0.1, 0.15) is 54.5 Å². The van der Waals surface area contributed by atoms with Gasteiger partial charge in [0.25, 0.3) is 11.6 Å². The van der Waals surface area contributed by atoms with E-state index in [9.17, 15) is 59.2 Å².